The van der Waals surface area contributed by atoms with Gasteiger partial charge < -0.3 is 9.47 Å². The number of aromatic nitrogens is 1. The highest BCUT2D eigenvalue weighted by Crippen LogP contribution is 2.35. The van der Waals surface area contributed by atoms with Gasteiger partial charge in [0.1, 0.15) is 0 Å². The van der Waals surface area contributed by atoms with Gasteiger partial charge in [-0.2, -0.15) is 0 Å². The van der Waals surface area contributed by atoms with Gasteiger partial charge in [0.15, 0.2) is 0 Å². The Morgan fingerprint density at radius 2 is 2.10 bits per heavy atom. The molecule has 0 saturated carbocycles. The van der Waals surface area contributed by atoms with E-state index >= 15 is 0 Å². The summed E-state index contributed by atoms with van der Waals surface area (Å²) < 4.78 is 44.8. The van der Waals surface area contributed by atoms with Gasteiger partial charge in [-0.05, 0) is 13.8 Å². The number of carbonyl (C=O) groups is 1. The molecule has 116 valence electrons. The molecule has 0 N–H and O–H groups in total. The Bertz CT molecular complexity index is 560. The van der Waals surface area contributed by atoms with Gasteiger partial charge in [-0.25, -0.2) is 0 Å². The molecule has 0 aliphatic heterocycles. The maximum Gasteiger partial charge on any atom is 0.573 e. The van der Waals surface area contributed by atoms with Crippen LogP contribution in [0.4, 0.5) is 18.9 Å². The van der Waals surface area contributed by atoms with Crippen LogP contribution in [-0.2, 0) is 16.0 Å². The topological polar surface area (TPSA) is 91.6 Å². The van der Waals surface area contributed by atoms with E-state index in [2.05, 4.69) is 14.5 Å². The molecule has 0 spiro atoms. The van der Waals surface area contributed by atoms with Crippen molar-refractivity contribution in [2.24, 2.45) is 0 Å². The molecule has 0 atom stereocenters. The second-order valence-electron chi connectivity index (χ2n) is 3.83. The fourth-order valence-electron chi connectivity index (χ4n) is 1.57. The van der Waals surface area contributed by atoms with Crippen molar-refractivity contribution in [3.05, 3.63) is 27.6 Å². The second kappa shape index (κ2) is 6.37. The zero-order valence-electron chi connectivity index (χ0n) is 11.1. The fourth-order valence-corrected chi connectivity index (χ4v) is 1.57. The third kappa shape index (κ3) is 4.58. The van der Waals surface area contributed by atoms with Gasteiger partial charge in [-0.15, -0.1) is 13.2 Å². The van der Waals surface area contributed by atoms with Crippen LogP contribution in [0.2, 0.25) is 0 Å². The molecule has 1 heterocycles. The molecular weight excluding hydrogens is 297 g/mol. The number of alkyl halides is 3. The van der Waals surface area contributed by atoms with Crippen molar-refractivity contribution >= 4 is 11.7 Å². The molecular formula is C11H11F3N2O5. The number of halogens is 3. The molecule has 0 bridgehead atoms. The maximum absolute atomic E-state index is 12.2. The minimum absolute atomic E-state index is 0.0466. The lowest BCUT2D eigenvalue weighted by molar-refractivity contribution is -0.389. The normalized spacial score (nSPS) is 11.1. The average Bonchev–Trinajstić information content (AvgIpc) is 2.30. The number of hydrogen-bond acceptors (Lipinski definition) is 6. The Morgan fingerprint density at radius 1 is 1.48 bits per heavy atom. The minimum Gasteiger partial charge on any atom is -0.466 e. The number of pyridine rings is 1. The van der Waals surface area contributed by atoms with E-state index in [9.17, 15) is 28.1 Å². The minimum atomic E-state index is -5.08. The molecule has 0 aromatic carbocycles. The molecule has 1 rings (SSSR count). The summed E-state index contributed by atoms with van der Waals surface area (Å²) in [5, 5.41) is 10.9. The van der Waals surface area contributed by atoms with Crippen molar-refractivity contribution in [1.82, 2.24) is 4.98 Å². The van der Waals surface area contributed by atoms with E-state index in [1.807, 2.05) is 0 Å². The average molecular weight is 308 g/mol. The molecule has 0 aliphatic rings. The Kier molecular flexibility index (Phi) is 5.06. The maximum atomic E-state index is 12.2. The summed E-state index contributed by atoms with van der Waals surface area (Å²) in [6.45, 7) is 2.86. The van der Waals surface area contributed by atoms with Crippen molar-refractivity contribution in [1.29, 1.82) is 0 Å². The highest BCUT2D eigenvalue weighted by atomic mass is 19.4. The lowest BCUT2D eigenvalue weighted by atomic mass is 10.1. The van der Waals surface area contributed by atoms with Crippen LogP contribution in [-0.4, -0.2) is 28.8 Å². The van der Waals surface area contributed by atoms with Crippen LogP contribution in [0.25, 0.3) is 0 Å². The van der Waals surface area contributed by atoms with Crippen LogP contribution in [0, 0.1) is 17.0 Å². The molecule has 0 fully saturated rings. The molecule has 21 heavy (non-hydrogen) atoms. The third-order valence-electron chi connectivity index (χ3n) is 2.38. The summed E-state index contributed by atoms with van der Waals surface area (Å²) in [5.74, 6) is -1.72. The van der Waals surface area contributed by atoms with E-state index < -0.39 is 28.7 Å². The number of ether oxygens (including phenoxy) is 2. The Hall–Kier alpha value is -2.39. The molecule has 0 radical (unpaired) electrons. The molecule has 10 heteroatoms. The lowest BCUT2D eigenvalue weighted by Gasteiger charge is -2.11. The van der Waals surface area contributed by atoms with E-state index in [1.54, 1.807) is 6.92 Å². The van der Waals surface area contributed by atoms with Crippen molar-refractivity contribution < 1.29 is 32.4 Å². The van der Waals surface area contributed by atoms with Gasteiger partial charge in [-0.3, -0.25) is 19.9 Å². The summed E-state index contributed by atoms with van der Waals surface area (Å²) in [4.78, 5) is 24.8. The number of esters is 1. The number of nitro groups is 1. The van der Waals surface area contributed by atoms with Crippen molar-refractivity contribution in [2.75, 3.05) is 6.61 Å². The van der Waals surface area contributed by atoms with Crippen molar-refractivity contribution in [2.45, 2.75) is 26.6 Å². The number of rotatable bonds is 5. The first-order valence-electron chi connectivity index (χ1n) is 5.70. The van der Waals surface area contributed by atoms with Gasteiger partial charge in [-0.1, -0.05) is 0 Å². The van der Waals surface area contributed by atoms with Gasteiger partial charge in [0, 0.05) is 0 Å². The standard InChI is InChI=1S/C11H11F3N2O5/c1-3-20-9(17)4-7-6(2)10(16(18)19)8(5-15-7)21-11(12,13)14/h5H,3-4H2,1-2H3. The van der Waals surface area contributed by atoms with Crippen molar-refractivity contribution in [3.8, 4) is 5.75 Å². The van der Waals surface area contributed by atoms with Gasteiger partial charge in [0.2, 0.25) is 5.75 Å². The fraction of sp³-hybridized carbons (Fsp3) is 0.455. The summed E-state index contributed by atoms with van der Waals surface area (Å²) in [7, 11) is 0. The lowest BCUT2D eigenvalue weighted by Crippen LogP contribution is -2.19. The SMILES string of the molecule is CCOC(=O)Cc1ncc(OC(F)(F)F)c([N+](=O)[O-])c1C. The van der Waals surface area contributed by atoms with Crippen LogP contribution in [0.3, 0.4) is 0 Å². The zero-order chi connectivity index (χ0) is 16.2. The van der Waals surface area contributed by atoms with Crippen molar-refractivity contribution in [3.63, 3.8) is 0 Å². The number of hydrogen-bond donors (Lipinski definition) is 0. The molecule has 7 nitrogen and oxygen atoms in total. The Labute approximate surface area is 116 Å². The Morgan fingerprint density at radius 3 is 2.57 bits per heavy atom. The van der Waals surface area contributed by atoms with Crippen LogP contribution in [0.1, 0.15) is 18.2 Å². The first kappa shape index (κ1) is 16.7. The predicted molar refractivity (Wildman–Crippen MR) is 62.6 cm³/mol. The van der Waals surface area contributed by atoms with Gasteiger partial charge >= 0.3 is 18.0 Å². The molecule has 0 saturated heterocycles. The first-order valence-corrected chi connectivity index (χ1v) is 5.70. The summed E-state index contributed by atoms with van der Waals surface area (Å²) >= 11 is 0. The summed E-state index contributed by atoms with van der Waals surface area (Å²) in [6.07, 6.45) is -4.90. The molecule has 1 aromatic rings. The second-order valence-corrected chi connectivity index (χ2v) is 3.83. The number of nitrogens with zero attached hydrogens (tertiary/aromatic N) is 2. The smallest absolute Gasteiger partial charge is 0.466 e. The monoisotopic (exact) mass is 308 g/mol. The largest absolute Gasteiger partial charge is 0.573 e. The van der Waals surface area contributed by atoms with Crippen LogP contribution in [0.5, 0.6) is 5.75 Å². The van der Waals surface area contributed by atoms with E-state index in [1.165, 1.54) is 6.92 Å². The van der Waals surface area contributed by atoms with Gasteiger partial charge in [0.25, 0.3) is 0 Å². The molecule has 0 aliphatic carbocycles. The molecule has 1 aromatic heterocycles. The first-order chi connectivity index (χ1) is 9.65. The third-order valence-corrected chi connectivity index (χ3v) is 2.38. The quantitative estimate of drug-likeness (QED) is 0.471. The van der Waals surface area contributed by atoms with Crippen LogP contribution >= 0.6 is 0 Å². The predicted octanol–water partition coefficient (Wildman–Crippen LogP) is 2.30. The summed E-state index contributed by atoms with van der Waals surface area (Å²) in [6, 6.07) is 0. The highest BCUT2D eigenvalue weighted by Gasteiger charge is 2.36. The highest BCUT2D eigenvalue weighted by molar-refractivity contribution is 5.73. The Balaban J connectivity index is 3.20. The van der Waals surface area contributed by atoms with E-state index in [-0.39, 0.29) is 24.3 Å². The number of carbonyl (C=O) groups excluding carboxylic acids is 1. The van der Waals surface area contributed by atoms with Crippen LogP contribution < -0.4 is 4.74 Å². The van der Waals surface area contributed by atoms with Crippen LogP contribution in [0.15, 0.2) is 6.20 Å². The molecule has 0 unspecified atom stereocenters. The molecule has 0 amide bonds. The van der Waals surface area contributed by atoms with E-state index in [4.69, 9.17) is 0 Å². The zero-order valence-corrected chi connectivity index (χ0v) is 11.1. The van der Waals surface area contributed by atoms with Gasteiger partial charge in [0.05, 0.1) is 35.4 Å². The summed E-state index contributed by atoms with van der Waals surface area (Å²) in [5.41, 5.74) is -1.12. The van der Waals surface area contributed by atoms with E-state index in [0.717, 1.165) is 0 Å². The van der Waals surface area contributed by atoms with E-state index in [0.29, 0.717) is 6.20 Å².